The fourth-order valence-corrected chi connectivity index (χ4v) is 2.23. The minimum Gasteiger partial charge on any atom is -0.304 e. The van der Waals surface area contributed by atoms with Crippen LogP contribution >= 0.6 is 0 Å². The van der Waals surface area contributed by atoms with Crippen LogP contribution in [-0.4, -0.2) is 49.6 Å². The van der Waals surface area contributed by atoms with Crippen LogP contribution in [0.5, 0.6) is 0 Å². The minimum absolute atomic E-state index is 1.24. The first-order chi connectivity index (χ1) is 7.34. The van der Waals surface area contributed by atoms with E-state index in [1.54, 1.807) is 5.57 Å². The van der Waals surface area contributed by atoms with Crippen LogP contribution in [0.4, 0.5) is 0 Å². The molecule has 1 heterocycles. The van der Waals surface area contributed by atoms with E-state index in [1.807, 2.05) is 0 Å². The summed E-state index contributed by atoms with van der Waals surface area (Å²) in [7, 11) is 2.21. The standard InChI is InChI=1S/C13H22N2/c1-14-9-11-15(12-10-14)8-7-13-5-3-2-4-6-13/h2-3,5H,4,6-12H2,1H3. The van der Waals surface area contributed by atoms with Crippen LogP contribution in [-0.2, 0) is 0 Å². The normalized spacial score (nSPS) is 24.2. The van der Waals surface area contributed by atoms with Crippen molar-refractivity contribution in [1.29, 1.82) is 0 Å². The number of nitrogens with zero attached hydrogens (tertiary/aromatic N) is 2. The molecule has 1 aliphatic heterocycles. The van der Waals surface area contributed by atoms with Gasteiger partial charge in [-0.2, -0.15) is 0 Å². The van der Waals surface area contributed by atoms with Crippen molar-refractivity contribution in [3.8, 4) is 0 Å². The van der Waals surface area contributed by atoms with Crippen LogP contribution in [0.3, 0.4) is 0 Å². The van der Waals surface area contributed by atoms with Gasteiger partial charge in [-0.3, -0.25) is 0 Å². The Kier molecular flexibility index (Phi) is 3.98. The van der Waals surface area contributed by atoms with Gasteiger partial charge >= 0.3 is 0 Å². The summed E-state index contributed by atoms with van der Waals surface area (Å²) in [4.78, 5) is 5.01. The summed E-state index contributed by atoms with van der Waals surface area (Å²) in [6, 6.07) is 0. The Morgan fingerprint density at radius 3 is 2.67 bits per heavy atom. The SMILES string of the molecule is CN1CCN(CCC2=CC=CCC2)CC1. The van der Waals surface area contributed by atoms with Crippen LogP contribution in [0.2, 0.25) is 0 Å². The Balaban J connectivity index is 1.69. The molecule has 0 unspecified atom stereocenters. The van der Waals surface area contributed by atoms with E-state index in [0.29, 0.717) is 0 Å². The Hall–Kier alpha value is -0.600. The van der Waals surface area contributed by atoms with Gasteiger partial charge in [0.15, 0.2) is 0 Å². The van der Waals surface area contributed by atoms with Gasteiger partial charge in [0.2, 0.25) is 0 Å². The highest BCUT2D eigenvalue weighted by molar-refractivity contribution is 5.17. The van der Waals surface area contributed by atoms with E-state index < -0.39 is 0 Å². The first kappa shape index (κ1) is 10.9. The van der Waals surface area contributed by atoms with E-state index in [9.17, 15) is 0 Å². The summed E-state index contributed by atoms with van der Waals surface area (Å²) in [5.74, 6) is 0. The number of piperazine rings is 1. The third-order valence-corrected chi connectivity index (χ3v) is 3.45. The fraction of sp³-hybridized carbons (Fsp3) is 0.692. The molecule has 0 radical (unpaired) electrons. The highest BCUT2D eigenvalue weighted by atomic mass is 15.2. The molecule has 2 nitrogen and oxygen atoms in total. The van der Waals surface area contributed by atoms with Crippen LogP contribution < -0.4 is 0 Å². The Morgan fingerprint density at radius 2 is 2.00 bits per heavy atom. The molecular formula is C13H22N2. The van der Waals surface area contributed by atoms with Crippen molar-refractivity contribution >= 4 is 0 Å². The maximum atomic E-state index is 2.60. The molecule has 0 aromatic carbocycles. The van der Waals surface area contributed by atoms with Crippen molar-refractivity contribution in [3.63, 3.8) is 0 Å². The van der Waals surface area contributed by atoms with Gasteiger partial charge in [-0.05, 0) is 26.3 Å². The number of hydrogen-bond donors (Lipinski definition) is 0. The van der Waals surface area contributed by atoms with Crippen molar-refractivity contribution in [3.05, 3.63) is 23.8 Å². The molecule has 0 aromatic rings. The van der Waals surface area contributed by atoms with Gasteiger partial charge in [0.05, 0.1) is 0 Å². The lowest BCUT2D eigenvalue weighted by atomic mass is 10.0. The van der Waals surface area contributed by atoms with E-state index in [1.165, 1.54) is 52.0 Å². The van der Waals surface area contributed by atoms with Crippen molar-refractivity contribution < 1.29 is 0 Å². The third kappa shape index (κ3) is 3.47. The van der Waals surface area contributed by atoms with E-state index in [2.05, 4.69) is 35.1 Å². The quantitative estimate of drug-likeness (QED) is 0.696. The summed E-state index contributed by atoms with van der Waals surface area (Å²) >= 11 is 0. The lowest BCUT2D eigenvalue weighted by Crippen LogP contribution is -2.44. The molecule has 15 heavy (non-hydrogen) atoms. The van der Waals surface area contributed by atoms with E-state index in [0.717, 1.165) is 0 Å². The molecule has 0 atom stereocenters. The largest absolute Gasteiger partial charge is 0.304 e. The summed E-state index contributed by atoms with van der Waals surface area (Å²) < 4.78 is 0. The lowest BCUT2D eigenvalue weighted by Gasteiger charge is -2.32. The summed E-state index contributed by atoms with van der Waals surface area (Å²) in [5.41, 5.74) is 1.64. The molecule has 0 N–H and O–H groups in total. The van der Waals surface area contributed by atoms with Crippen molar-refractivity contribution in [2.45, 2.75) is 19.3 Å². The zero-order valence-electron chi connectivity index (χ0n) is 9.78. The number of allylic oxidation sites excluding steroid dienone is 3. The number of rotatable bonds is 3. The van der Waals surface area contributed by atoms with Gasteiger partial charge in [-0.1, -0.05) is 23.8 Å². The van der Waals surface area contributed by atoms with Crippen LogP contribution in [0.15, 0.2) is 23.8 Å². The zero-order valence-corrected chi connectivity index (χ0v) is 9.78. The molecule has 0 amide bonds. The highest BCUT2D eigenvalue weighted by Crippen LogP contribution is 2.16. The molecule has 0 spiro atoms. The molecule has 2 aliphatic rings. The predicted octanol–water partition coefficient (Wildman–Crippen LogP) is 1.90. The Morgan fingerprint density at radius 1 is 1.20 bits per heavy atom. The second-order valence-corrected chi connectivity index (χ2v) is 4.69. The first-order valence-electron chi connectivity index (χ1n) is 6.10. The maximum Gasteiger partial charge on any atom is 0.0110 e. The van der Waals surface area contributed by atoms with Crippen molar-refractivity contribution in [2.24, 2.45) is 0 Å². The Labute approximate surface area is 93.2 Å². The van der Waals surface area contributed by atoms with Crippen LogP contribution in [0.1, 0.15) is 19.3 Å². The van der Waals surface area contributed by atoms with Gasteiger partial charge in [0.25, 0.3) is 0 Å². The molecule has 0 aromatic heterocycles. The third-order valence-electron chi connectivity index (χ3n) is 3.45. The second kappa shape index (κ2) is 5.47. The molecule has 84 valence electrons. The number of hydrogen-bond acceptors (Lipinski definition) is 2. The zero-order chi connectivity index (χ0) is 10.5. The van der Waals surface area contributed by atoms with Crippen LogP contribution in [0.25, 0.3) is 0 Å². The lowest BCUT2D eigenvalue weighted by molar-refractivity contribution is 0.155. The van der Waals surface area contributed by atoms with Gasteiger partial charge in [-0.25, -0.2) is 0 Å². The molecular weight excluding hydrogens is 184 g/mol. The van der Waals surface area contributed by atoms with Crippen molar-refractivity contribution in [1.82, 2.24) is 9.80 Å². The average molecular weight is 206 g/mol. The molecule has 1 aliphatic carbocycles. The van der Waals surface area contributed by atoms with E-state index in [-0.39, 0.29) is 0 Å². The minimum atomic E-state index is 1.24. The predicted molar refractivity (Wildman–Crippen MR) is 65.0 cm³/mol. The average Bonchev–Trinajstić information content (AvgIpc) is 2.30. The second-order valence-electron chi connectivity index (χ2n) is 4.69. The molecule has 1 fully saturated rings. The van der Waals surface area contributed by atoms with E-state index >= 15 is 0 Å². The van der Waals surface area contributed by atoms with Gasteiger partial charge in [0.1, 0.15) is 0 Å². The highest BCUT2D eigenvalue weighted by Gasteiger charge is 2.13. The fourth-order valence-electron chi connectivity index (χ4n) is 2.23. The van der Waals surface area contributed by atoms with Crippen LogP contribution in [0, 0.1) is 0 Å². The molecule has 2 rings (SSSR count). The van der Waals surface area contributed by atoms with E-state index in [4.69, 9.17) is 0 Å². The van der Waals surface area contributed by atoms with Crippen molar-refractivity contribution in [2.75, 3.05) is 39.8 Å². The number of likely N-dealkylation sites (N-methyl/N-ethyl adjacent to an activating group) is 1. The molecule has 1 saturated heterocycles. The summed E-state index contributed by atoms with van der Waals surface area (Å²) in [5, 5.41) is 0. The Bertz CT molecular complexity index is 247. The molecule has 0 bridgehead atoms. The monoisotopic (exact) mass is 206 g/mol. The van der Waals surface area contributed by atoms with Gasteiger partial charge < -0.3 is 9.80 Å². The molecule has 2 heteroatoms. The summed E-state index contributed by atoms with van der Waals surface area (Å²) in [6.07, 6.45) is 10.6. The summed E-state index contributed by atoms with van der Waals surface area (Å²) in [6.45, 7) is 6.23. The first-order valence-corrected chi connectivity index (χ1v) is 6.10. The maximum absolute atomic E-state index is 2.60. The van der Waals surface area contributed by atoms with Gasteiger partial charge in [-0.15, -0.1) is 0 Å². The molecule has 0 saturated carbocycles. The van der Waals surface area contributed by atoms with Gasteiger partial charge in [0, 0.05) is 32.7 Å². The smallest absolute Gasteiger partial charge is 0.0110 e. The topological polar surface area (TPSA) is 6.48 Å².